The van der Waals surface area contributed by atoms with Gasteiger partial charge in [-0.2, -0.15) is 0 Å². The quantitative estimate of drug-likeness (QED) is 0.904. The predicted molar refractivity (Wildman–Crippen MR) is 76.0 cm³/mol. The molecule has 0 aromatic carbocycles. The molecule has 0 atom stereocenters. The van der Waals surface area contributed by atoms with Crippen LogP contribution in [-0.2, 0) is 6.54 Å². The second kappa shape index (κ2) is 7.51. The molecule has 94 valence electrons. The Kier molecular flexibility index (Phi) is 7.61. The van der Waals surface area contributed by atoms with Gasteiger partial charge in [0, 0.05) is 22.3 Å². The van der Waals surface area contributed by atoms with E-state index in [1.54, 1.807) is 0 Å². The molecule has 2 rings (SSSR count). The molecule has 0 amide bonds. The van der Waals surface area contributed by atoms with Crippen LogP contribution in [0.2, 0.25) is 0 Å². The summed E-state index contributed by atoms with van der Waals surface area (Å²) in [6.45, 7) is 5.61. The van der Waals surface area contributed by atoms with E-state index in [0.717, 1.165) is 32.5 Å². The molecule has 1 saturated heterocycles. The fourth-order valence-corrected chi connectivity index (χ4v) is 2.83. The van der Waals surface area contributed by atoms with Crippen LogP contribution in [0, 0.1) is 6.92 Å². The molecule has 1 aliphatic rings. The topological polar surface area (TPSA) is 29.3 Å². The largest absolute Gasteiger partial charge is 0.328 e. The van der Waals surface area contributed by atoms with Crippen LogP contribution in [0.3, 0.4) is 0 Å². The van der Waals surface area contributed by atoms with Gasteiger partial charge >= 0.3 is 0 Å². The van der Waals surface area contributed by atoms with Crippen LogP contribution in [0.5, 0.6) is 0 Å². The Morgan fingerprint density at radius 3 is 2.44 bits per heavy atom. The molecule has 0 bridgehead atoms. The first-order valence-electron chi connectivity index (χ1n) is 5.27. The summed E-state index contributed by atoms with van der Waals surface area (Å²) in [5.74, 6) is 0. The van der Waals surface area contributed by atoms with Gasteiger partial charge in [0.05, 0.1) is 0 Å². The molecule has 0 unspecified atom stereocenters. The van der Waals surface area contributed by atoms with E-state index in [9.17, 15) is 0 Å². The minimum absolute atomic E-state index is 0. The van der Waals surface area contributed by atoms with Gasteiger partial charge in [0.2, 0.25) is 0 Å². The molecule has 1 aromatic heterocycles. The summed E-state index contributed by atoms with van der Waals surface area (Å²) in [4.78, 5) is 5.40. The number of likely N-dealkylation sites (tertiary alicyclic amines) is 1. The maximum atomic E-state index is 5.87. The van der Waals surface area contributed by atoms with E-state index in [1.807, 2.05) is 11.3 Å². The van der Waals surface area contributed by atoms with Crippen molar-refractivity contribution in [3.63, 3.8) is 0 Å². The van der Waals surface area contributed by atoms with E-state index in [4.69, 9.17) is 5.73 Å². The zero-order valence-corrected chi connectivity index (χ0v) is 12.0. The lowest BCUT2D eigenvalue weighted by Gasteiger charge is -2.29. The number of piperidine rings is 1. The Labute approximate surface area is 114 Å². The predicted octanol–water partition coefficient (Wildman–Crippen LogP) is 2.82. The summed E-state index contributed by atoms with van der Waals surface area (Å²) in [6.07, 6.45) is 2.31. The maximum Gasteiger partial charge on any atom is 0.0328 e. The van der Waals surface area contributed by atoms with Crippen LogP contribution in [0.1, 0.15) is 22.6 Å². The van der Waals surface area contributed by atoms with Gasteiger partial charge in [-0.3, -0.25) is 4.90 Å². The third-order valence-electron chi connectivity index (χ3n) is 2.81. The highest BCUT2D eigenvalue weighted by molar-refractivity contribution is 7.11. The summed E-state index contributed by atoms with van der Waals surface area (Å²) in [5.41, 5.74) is 5.87. The summed E-state index contributed by atoms with van der Waals surface area (Å²) >= 11 is 1.91. The zero-order valence-electron chi connectivity index (χ0n) is 9.52. The molecule has 2 heterocycles. The summed E-state index contributed by atoms with van der Waals surface area (Å²) in [7, 11) is 0. The highest BCUT2D eigenvalue weighted by Crippen LogP contribution is 2.19. The Morgan fingerprint density at radius 1 is 1.31 bits per heavy atom. The molecule has 0 spiro atoms. The van der Waals surface area contributed by atoms with Crippen molar-refractivity contribution in [2.75, 3.05) is 13.1 Å². The van der Waals surface area contributed by atoms with Gasteiger partial charge in [-0.25, -0.2) is 0 Å². The molecule has 0 aliphatic carbocycles. The maximum absolute atomic E-state index is 5.87. The lowest BCUT2D eigenvalue weighted by Crippen LogP contribution is -2.39. The molecule has 0 radical (unpaired) electrons. The number of aryl methyl sites for hydroxylation is 1. The first-order valence-corrected chi connectivity index (χ1v) is 6.09. The average Bonchev–Trinajstić information content (AvgIpc) is 2.56. The standard InChI is InChI=1S/C11H18N2S.2ClH/c1-9-2-3-11(14-9)8-13-6-4-10(12)5-7-13;;/h2-3,10H,4-8,12H2,1H3;2*1H. The van der Waals surface area contributed by atoms with Crippen molar-refractivity contribution >= 4 is 36.2 Å². The zero-order chi connectivity index (χ0) is 9.97. The number of nitrogens with two attached hydrogens (primary N) is 1. The van der Waals surface area contributed by atoms with Crippen molar-refractivity contribution in [3.8, 4) is 0 Å². The summed E-state index contributed by atoms with van der Waals surface area (Å²) < 4.78 is 0. The van der Waals surface area contributed by atoms with Gasteiger partial charge < -0.3 is 5.73 Å². The van der Waals surface area contributed by atoms with Crippen molar-refractivity contribution in [2.45, 2.75) is 32.4 Å². The molecule has 16 heavy (non-hydrogen) atoms. The number of nitrogens with zero attached hydrogens (tertiary/aromatic N) is 1. The normalized spacial score (nSPS) is 17.6. The van der Waals surface area contributed by atoms with Crippen LogP contribution >= 0.6 is 36.2 Å². The number of hydrogen-bond donors (Lipinski definition) is 1. The highest BCUT2D eigenvalue weighted by Gasteiger charge is 2.16. The van der Waals surface area contributed by atoms with Crippen LogP contribution in [0.15, 0.2) is 12.1 Å². The molecule has 5 heteroatoms. The molecule has 2 nitrogen and oxygen atoms in total. The van der Waals surface area contributed by atoms with Crippen molar-refractivity contribution in [3.05, 3.63) is 21.9 Å². The fraction of sp³-hybridized carbons (Fsp3) is 0.636. The summed E-state index contributed by atoms with van der Waals surface area (Å²) in [5, 5.41) is 0. The lowest BCUT2D eigenvalue weighted by atomic mass is 10.1. The number of hydrogen-bond acceptors (Lipinski definition) is 3. The molecular formula is C11H20Cl2N2S. The lowest BCUT2D eigenvalue weighted by molar-refractivity contribution is 0.207. The van der Waals surface area contributed by atoms with Gasteiger partial charge in [0.25, 0.3) is 0 Å². The molecule has 2 N–H and O–H groups in total. The van der Waals surface area contributed by atoms with Gasteiger partial charge in [-0.15, -0.1) is 36.2 Å². The van der Waals surface area contributed by atoms with E-state index in [0.29, 0.717) is 6.04 Å². The molecule has 0 saturated carbocycles. The Balaban J connectivity index is 0.00000112. The summed E-state index contributed by atoms with van der Waals surface area (Å²) in [6, 6.07) is 4.89. The Morgan fingerprint density at radius 2 is 1.94 bits per heavy atom. The monoisotopic (exact) mass is 282 g/mol. The van der Waals surface area contributed by atoms with Crippen LogP contribution < -0.4 is 5.73 Å². The third-order valence-corrected chi connectivity index (χ3v) is 3.79. The van der Waals surface area contributed by atoms with E-state index >= 15 is 0 Å². The minimum atomic E-state index is 0. The fourth-order valence-electron chi connectivity index (χ4n) is 1.90. The Bertz CT molecular complexity index is 296. The first kappa shape index (κ1) is 16.2. The number of halogens is 2. The second-order valence-electron chi connectivity index (χ2n) is 4.13. The molecule has 1 aliphatic heterocycles. The highest BCUT2D eigenvalue weighted by atomic mass is 35.5. The van der Waals surface area contributed by atoms with Gasteiger partial charge in [0.1, 0.15) is 0 Å². The van der Waals surface area contributed by atoms with Crippen molar-refractivity contribution in [2.24, 2.45) is 5.73 Å². The van der Waals surface area contributed by atoms with Crippen molar-refractivity contribution in [1.29, 1.82) is 0 Å². The van der Waals surface area contributed by atoms with Crippen LogP contribution in [-0.4, -0.2) is 24.0 Å². The number of rotatable bonds is 2. The van der Waals surface area contributed by atoms with Crippen LogP contribution in [0.25, 0.3) is 0 Å². The second-order valence-corrected chi connectivity index (χ2v) is 5.50. The third kappa shape index (κ3) is 4.60. The minimum Gasteiger partial charge on any atom is -0.328 e. The van der Waals surface area contributed by atoms with E-state index in [2.05, 4.69) is 24.0 Å². The molecular weight excluding hydrogens is 263 g/mol. The van der Waals surface area contributed by atoms with Crippen molar-refractivity contribution < 1.29 is 0 Å². The number of thiophene rings is 1. The van der Waals surface area contributed by atoms with Crippen LogP contribution in [0.4, 0.5) is 0 Å². The molecule has 1 aromatic rings. The average molecular weight is 283 g/mol. The van der Waals surface area contributed by atoms with Crippen molar-refractivity contribution in [1.82, 2.24) is 4.90 Å². The Hall–Kier alpha value is 0.200. The van der Waals surface area contributed by atoms with Gasteiger partial charge in [-0.1, -0.05) is 0 Å². The van der Waals surface area contributed by atoms with E-state index in [-0.39, 0.29) is 24.8 Å². The van der Waals surface area contributed by atoms with Gasteiger partial charge in [-0.05, 0) is 45.0 Å². The van der Waals surface area contributed by atoms with E-state index < -0.39 is 0 Å². The van der Waals surface area contributed by atoms with Gasteiger partial charge in [0.15, 0.2) is 0 Å². The smallest absolute Gasteiger partial charge is 0.0328 e. The first-order chi connectivity index (χ1) is 6.74. The van der Waals surface area contributed by atoms with E-state index in [1.165, 1.54) is 9.75 Å². The molecule has 1 fully saturated rings. The SMILES string of the molecule is Cc1ccc(CN2CCC(N)CC2)s1.Cl.Cl.